The van der Waals surface area contributed by atoms with Crippen molar-refractivity contribution < 1.29 is 10.2 Å². The van der Waals surface area contributed by atoms with Crippen LogP contribution in [0.5, 0.6) is 5.75 Å². The molecule has 144 valence electrons. The Bertz CT molecular complexity index is 775. The number of aliphatic hydroxyl groups is 1. The summed E-state index contributed by atoms with van der Waals surface area (Å²) in [5.74, 6) is 0.319. The van der Waals surface area contributed by atoms with Crippen molar-refractivity contribution in [3.8, 4) is 5.75 Å². The maximum absolute atomic E-state index is 11.6. The van der Waals surface area contributed by atoms with Crippen molar-refractivity contribution in [3.05, 3.63) is 65.2 Å². The van der Waals surface area contributed by atoms with E-state index in [4.69, 9.17) is 0 Å². The maximum Gasteiger partial charge on any atom is 0.115 e. The number of phenolic OH excluding ortho intramolecular Hbond substituents is 1. The molecule has 4 rings (SSSR count). The Morgan fingerprint density at radius 2 is 1.74 bits per heavy atom. The van der Waals surface area contributed by atoms with Crippen LogP contribution in [0, 0.1) is 0 Å². The van der Waals surface area contributed by atoms with Crippen LogP contribution in [0.2, 0.25) is 0 Å². The molecule has 1 saturated carbocycles. The van der Waals surface area contributed by atoms with Crippen LogP contribution in [0.3, 0.4) is 0 Å². The monoisotopic (exact) mass is 365 g/mol. The Balaban J connectivity index is 1.48. The summed E-state index contributed by atoms with van der Waals surface area (Å²) >= 11 is 0. The van der Waals surface area contributed by atoms with Crippen LogP contribution in [0.4, 0.5) is 0 Å². The lowest BCUT2D eigenvalue weighted by atomic mass is 9.53. The van der Waals surface area contributed by atoms with E-state index in [-0.39, 0.29) is 5.41 Å². The first-order chi connectivity index (χ1) is 13.1. The summed E-state index contributed by atoms with van der Waals surface area (Å²) in [6, 6.07) is 16.3. The van der Waals surface area contributed by atoms with Crippen molar-refractivity contribution in [1.29, 1.82) is 0 Å². The smallest absolute Gasteiger partial charge is 0.115 e. The highest BCUT2D eigenvalue weighted by atomic mass is 16.3. The van der Waals surface area contributed by atoms with Gasteiger partial charge in [0.15, 0.2) is 0 Å². The van der Waals surface area contributed by atoms with Gasteiger partial charge in [-0.05, 0) is 80.4 Å². The van der Waals surface area contributed by atoms with Gasteiger partial charge in [0.25, 0.3) is 0 Å². The van der Waals surface area contributed by atoms with Crippen molar-refractivity contribution in [1.82, 2.24) is 5.32 Å². The number of hydrogen-bond donors (Lipinski definition) is 3. The summed E-state index contributed by atoms with van der Waals surface area (Å²) in [4.78, 5) is 0. The maximum atomic E-state index is 11.6. The summed E-state index contributed by atoms with van der Waals surface area (Å²) in [6.45, 7) is 1.84. The molecule has 0 heterocycles. The predicted molar refractivity (Wildman–Crippen MR) is 109 cm³/mol. The van der Waals surface area contributed by atoms with E-state index in [1.807, 2.05) is 6.07 Å². The highest BCUT2D eigenvalue weighted by molar-refractivity contribution is 5.45. The zero-order chi connectivity index (χ0) is 18.7. The lowest BCUT2D eigenvalue weighted by Gasteiger charge is -2.55. The van der Waals surface area contributed by atoms with E-state index < -0.39 is 5.60 Å². The summed E-state index contributed by atoms with van der Waals surface area (Å²) in [5.41, 5.74) is 3.00. The molecule has 0 spiro atoms. The average Bonchev–Trinajstić information content (AvgIpc) is 2.69. The third-order valence-corrected chi connectivity index (χ3v) is 6.91. The van der Waals surface area contributed by atoms with Crippen molar-refractivity contribution in [3.63, 3.8) is 0 Å². The van der Waals surface area contributed by atoms with Gasteiger partial charge in [-0.1, -0.05) is 49.2 Å². The van der Waals surface area contributed by atoms with Gasteiger partial charge in [-0.2, -0.15) is 0 Å². The van der Waals surface area contributed by atoms with E-state index in [9.17, 15) is 10.2 Å². The number of aromatic hydroxyl groups is 1. The normalized spacial score (nSPS) is 27.0. The Morgan fingerprint density at radius 1 is 0.926 bits per heavy atom. The van der Waals surface area contributed by atoms with E-state index in [2.05, 4.69) is 41.7 Å². The van der Waals surface area contributed by atoms with Gasteiger partial charge >= 0.3 is 0 Å². The van der Waals surface area contributed by atoms with Crippen molar-refractivity contribution in [2.45, 2.75) is 62.4 Å². The van der Waals surface area contributed by atoms with Gasteiger partial charge in [0.05, 0.1) is 5.60 Å². The fraction of sp³-hybridized carbons (Fsp3) is 0.500. The van der Waals surface area contributed by atoms with Gasteiger partial charge in [-0.25, -0.2) is 0 Å². The standard InChI is InChI=1S/C24H31NO2/c26-21-9-8-20-10-14-24(27)13-5-4-12-23(24,22(20)18-21)15-17-25-16-11-19-6-2-1-3-7-19/h1-3,6-9,18,25-27H,4-5,10-17H2/t23-,24+/m0/s1. The van der Waals surface area contributed by atoms with Crippen molar-refractivity contribution >= 4 is 0 Å². The molecule has 0 unspecified atom stereocenters. The van der Waals surface area contributed by atoms with Crippen LogP contribution >= 0.6 is 0 Å². The largest absolute Gasteiger partial charge is 0.508 e. The minimum Gasteiger partial charge on any atom is -0.508 e. The minimum absolute atomic E-state index is 0.225. The minimum atomic E-state index is -0.632. The second kappa shape index (κ2) is 7.65. The van der Waals surface area contributed by atoms with Gasteiger partial charge in [0.2, 0.25) is 0 Å². The van der Waals surface area contributed by atoms with Crippen LogP contribution in [-0.2, 0) is 18.3 Å². The molecular weight excluding hydrogens is 334 g/mol. The molecule has 27 heavy (non-hydrogen) atoms. The third kappa shape index (κ3) is 3.51. The van der Waals surface area contributed by atoms with Crippen molar-refractivity contribution in [2.24, 2.45) is 0 Å². The van der Waals surface area contributed by atoms with Crippen molar-refractivity contribution in [2.75, 3.05) is 13.1 Å². The van der Waals surface area contributed by atoms with Crippen LogP contribution in [0.15, 0.2) is 48.5 Å². The molecule has 2 aromatic carbocycles. The first kappa shape index (κ1) is 18.5. The number of nitrogens with one attached hydrogen (secondary N) is 1. The molecule has 3 heteroatoms. The van der Waals surface area contributed by atoms with E-state index in [0.29, 0.717) is 5.75 Å². The molecule has 0 aliphatic heterocycles. The number of aryl methyl sites for hydroxylation is 1. The number of benzene rings is 2. The quantitative estimate of drug-likeness (QED) is 0.676. The second-order valence-corrected chi connectivity index (χ2v) is 8.40. The molecule has 2 atom stereocenters. The SMILES string of the molecule is Oc1ccc2c(c1)[C@@]1(CCNCCc3ccccc3)CCCC[C@@]1(O)CC2. The van der Waals surface area contributed by atoms with Crippen LogP contribution in [0.25, 0.3) is 0 Å². The van der Waals surface area contributed by atoms with E-state index >= 15 is 0 Å². The van der Waals surface area contributed by atoms with Crippen LogP contribution < -0.4 is 5.32 Å². The predicted octanol–water partition coefficient (Wildman–Crippen LogP) is 4.10. The first-order valence-corrected chi connectivity index (χ1v) is 10.4. The average molecular weight is 366 g/mol. The zero-order valence-electron chi connectivity index (χ0n) is 16.1. The van der Waals surface area contributed by atoms with Gasteiger partial charge in [-0.15, -0.1) is 0 Å². The Kier molecular flexibility index (Phi) is 5.25. The summed E-state index contributed by atoms with van der Waals surface area (Å²) < 4.78 is 0. The number of rotatable bonds is 6. The van der Waals surface area contributed by atoms with Gasteiger partial charge in [-0.3, -0.25) is 0 Å². The number of phenols is 1. The number of fused-ring (bicyclic) bond motifs is 3. The molecule has 2 aromatic rings. The third-order valence-electron chi connectivity index (χ3n) is 6.91. The van der Waals surface area contributed by atoms with E-state index in [1.54, 1.807) is 6.07 Å². The molecule has 0 aromatic heterocycles. The molecule has 3 N–H and O–H groups in total. The Hall–Kier alpha value is -1.84. The first-order valence-electron chi connectivity index (χ1n) is 10.4. The summed E-state index contributed by atoms with van der Waals surface area (Å²) in [6.07, 6.45) is 7.86. The molecule has 2 aliphatic carbocycles. The van der Waals surface area contributed by atoms with E-state index in [1.165, 1.54) is 16.7 Å². The fourth-order valence-corrected chi connectivity index (χ4v) is 5.43. The molecule has 3 nitrogen and oxygen atoms in total. The molecule has 1 fully saturated rings. The lowest BCUT2D eigenvalue weighted by molar-refractivity contribution is -0.0869. The van der Waals surface area contributed by atoms with Gasteiger partial charge < -0.3 is 15.5 Å². The van der Waals surface area contributed by atoms with E-state index in [0.717, 1.165) is 64.5 Å². The molecular formula is C24H31NO2. The molecule has 2 aliphatic rings. The molecule has 0 radical (unpaired) electrons. The lowest BCUT2D eigenvalue weighted by Crippen LogP contribution is -2.57. The second-order valence-electron chi connectivity index (χ2n) is 8.40. The Morgan fingerprint density at radius 3 is 2.59 bits per heavy atom. The highest BCUT2D eigenvalue weighted by Crippen LogP contribution is 2.55. The fourth-order valence-electron chi connectivity index (χ4n) is 5.43. The summed E-state index contributed by atoms with van der Waals surface area (Å²) in [7, 11) is 0. The highest BCUT2D eigenvalue weighted by Gasteiger charge is 2.54. The summed E-state index contributed by atoms with van der Waals surface area (Å²) in [5, 5.41) is 25.3. The van der Waals surface area contributed by atoms with Gasteiger partial charge in [0, 0.05) is 5.41 Å². The molecule has 0 amide bonds. The zero-order valence-corrected chi connectivity index (χ0v) is 16.1. The number of hydrogen-bond acceptors (Lipinski definition) is 3. The topological polar surface area (TPSA) is 52.5 Å². The van der Waals surface area contributed by atoms with Gasteiger partial charge in [0.1, 0.15) is 5.75 Å². The van der Waals surface area contributed by atoms with Crippen LogP contribution in [-0.4, -0.2) is 28.9 Å². The Labute approximate surface area is 162 Å². The van der Waals surface area contributed by atoms with Crippen LogP contribution in [0.1, 0.15) is 55.2 Å². The molecule has 0 saturated heterocycles. The molecule has 0 bridgehead atoms.